The van der Waals surface area contributed by atoms with Gasteiger partial charge in [0.25, 0.3) is 0 Å². The highest BCUT2D eigenvalue weighted by molar-refractivity contribution is 5.80. The largest absolute Gasteiger partial charge is 0.476 e. The molecule has 0 fully saturated rings. The van der Waals surface area contributed by atoms with Crippen molar-refractivity contribution in [1.29, 1.82) is 5.26 Å². The molecule has 1 N–H and O–H groups in total. The minimum Gasteiger partial charge on any atom is -0.476 e. The van der Waals surface area contributed by atoms with E-state index in [-0.39, 0.29) is 0 Å². The normalized spacial score (nSPS) is 11.7. The minimum atomic E-state index is -0.407. The van der Waals surface area contributed by atoms with Crippen molar-refractivity contribution < 1.29 is 4.74 Å². The molecule has 24 heavy (non-hydrogen) atoms. The number of ether oxygens (including phenoxy) is 1. The zero-order chi connectivity index (χ0) is 16.8. The van der Waals surface area contributed by atoms with Crippen LogP contribution in [0.5, 0.6) is 5.75 Å². The summed E-state index contributed by atoms with van der Waals surface area (Å²) < 4.78 is 5.66. The summed E-state index contributed by atoms with van der Waals surface area (Å²) in [5, 5.41) is 13.5. The van der Waals surface area contributed by atoms with Crippen molar-refractivity contribution in [2.45, 2.75) is 26.0 Å². The van der Waals surface area contributed by atoms with Crippen molar-refractivity contribution in [3.63, 3.8) is 0 Å². The molecular weight excluding hydrogens is 298 g/mol. The summed E-state index contributed by atoms with van der Waals surface area (Å²) in [5.74, 6) is 1.55. The third-order valence-electron chi connectivity index (χ3n) is 3.76. The Morgan fingerprint density at radius 3 is 2.83 bits per heavy atom. The smallest absolute Gasteiger partial charge is 0.184 e. The van der Waals surface area contributed by atoms with Crippen LogP contribution in [-0.2, 0) is 6.54 Å². The number of fused-ring (bicyclic) bond motifs is 1. The van der Waals surface area contributed by atoms with Gasteiger partial charge < -0.3 is 10.1 Å². The predicted molar refractivity (Wildman–Crippen MR) is 95.8 cm³/mol. The molecule has 4 heteroatoms. The molecule has 0 saturated heterocycles. The number of nitrogens with zero attached hydrogens (tertiary/aromatic N) is 2. The Labute approximate surface area is 141 Å². The number of anilines is 1. The lowest BCUT2D eigenvalue weighted by Crippen LogP contribution is -2.12. The van der Waals surface area contributed by atoms with Gasteiger partial charge in [0.15, 0.2) is 6.10 Å². The second-order valence-electron chi connectivity index (χ2n) is 5.53. The predicted octanol–water partition coefficient (Wildman–Crippen LogP) is 4.53. The standard InChI is InChI=1S/C20H19N3O/c1-2-17(13-21)24-18-8-5-6-15(12-18)14-22-20-11-10-16-7-3-4-9-19(16)23-20/h3-12,17H,2,14H2,1H3,(H,22,23). The molecule has 0 aliphatic carbocycles. The first-order valence-electron chi connectivity index (χ1n) is 8.03. The maximum absolute atomic E-state index is 9.00. The lowest BCUT2D eigenvalue weighted by atomic mass is 10.2. The van der Waals surface area contributed by atoms with Crippen LogP contribution in [0.1, 0.15) is 18.9 Å². The van der Waals surface area contributed by atoms with E-state index < -0.39 is 6.10 Å². The van der Waals surface area contributed by atoms with Gasteiger partial charge in [0.1, 0.15) is 17.6 Å². The Hall–Kier alpha value is -3.06. The molecule has 0 spiro atoms. The van der Waals surface area contributed by atoms with Crippen molar-refractivity contribution in [3.8, 4) is 11.8 Å². The van der Waals surface area contributed by atoms with E-state index in [1.807, 2.05) is 61.5 Å². The number of para-hydroxylation sites is 1. The topological polar surface area (TPSA) is 57.9 Å². The number of hydrogen-bond acceptors (Lipinski definition) is 4. The Balaban J connectivity index is 1.68. The van der Waals surface area contributed by atoms with Gasteiger partial charge in [0.2, 0.25) is 0 Å². The lowest BCUT2D eigenvalue weighted by Gasteiger charge is -2.12. The fourth-order valence-corrected chi connectivity index (χ4v) is 2.45. The van der Waals surface area contributed by atoms with Gasteiger partial charge in [-0.15, -0.1) is 0 Å². The zero-order valence-corrected chi connectivity index (χ0v) is 13.6. The molecule has 0 aliphatic rings. The van der Waals surface area contributed by atoms with Crippen LogP contribution in [0.4, 0.5) is 5.82 Å². The van der Waals surface area contributed by atoms with Gasteiger partial charge in [-0.3, -0.25) is 0 Å². The van der Waals surface area contributed by atoms with E-state index in [0.29, 0.717) is 18.7 Å². The van der Waals surface area contributed by atoms with Gasteiger partial charge in [-0.25, -0.2) is 4.98 Å². The molecular formula is C20H19N3O. The maximum Gasteiger partial charge on any atom is 0.184 e. The Kier molecular flexibility index (Phi) is 4.93. The molecule has 0 radical (unpaired) electrons. The van der Waals surface area contributed by atoms with E-state index in [9.17, 15) is 0 Å². The van der Waals surface area contributed by atoms with Crippen LogP contribution in [0, 0.1) is 11.3 Å². The SMILES string of the molecule is CCC(C#N)Oc1cccc(CNc2ccc3ccccc3n2)c1. The lowest BCUT2D eigenvalue weighted by molar-refractivity contribution is 0.251. The third-order valence-corrected chi connectivity index (χ3v) is 3.76. The molecule has 120 valence electrons. The zero-order valence-electron chi connectivity index (χ0n) is 13.6. The molecule has 0 amide bonds. The minimum absolute atomic E-state index is 0.407. The van der Waals surface area contributed by atoms with E-state index in [4.69, 9.17) is 10.00 Å². The van der Waals surface area contributed by atoms with Gasteiger partial charge in [0.05, 0.1) is 5.52 Å². The van der Waals surface area contributed by atoms with E-state index >= 15 is 0 Å². The monoisotopic (exact) mass is 317 g/mol. The van der Waals surface area contributed by atoms with Crippen molar-refractivity contribution >= 4 is 16.7 Å². The Morgan fingerprint density at radius 1 is 1.12 bits per heavy atom. The Bertz CT molecular complexity index is 870. The van der Waals surface area contributed by atoms with Crippen LogP contribution in [0.2, 0.25) is 0 Å². The fourth-order valence-electron chi connectivity index (χ4n) is 2.45. The summed E-state index contributed by atoms with van der Waals surface area (Å²) >= 11 is 0. The molecule has 2 aromatic carbocycles. The third kappa shape index (κ3) is 3.82. The highest BCUT2D eigenvalue weighted by Crippen LogP contribution is 2.18. The molecule has 1 unspecified atom stereocenters. The first-order chi connectivity index (χ1) is 11.8. The molecule has 3 aromatic rings. The molecule has 0 aliphatic heterocycles. The number of nitrogens with one attached hydrogen (secondary N) is 1. The molecule has 4 nitrogen and oxygen atoms in total. The van der Waals surface area contributed by atoms with Crippen molar-refractivity contribution in [1.82, 2.24) is 4.98 Å². The van der Waals surface area contributed by atoms with Crippen LogP contribution in [-0.4, -0.2) is 11.1 Å². The van der Waals surface area contributed by atoms with Gasteiger partial charge in [-0.05, 0) is 42.3 Å². The molecule has 1 atom stereocenters. The number of hydrogen-bond donors (Lipinski definition) is 1. The van der Waals surface area contributed by atoms with Gasteiger partial charge in [0, 0.05) is 11.9 Å². The number of rotatable bonds is 6. The second kappa shape index (κ2) is 7.47. The van der Waals surface area contributed by atoms with Crippen molar-refractivity contribution in [2.75, 3.05) is 5.32 Å². The number of nitriles is 1. The van der Waals surface area contributed by atoms with Crippen molar-refractivity contribution in [3.05, 3.63) is 66.2 Å². The number of benzene rings is 2. The number of aromatic nitrogens is 1. The maximum atomic E-state index is 9.00. The van der Waals surface area contributed by atoms with E-state index in [1.54, 1.807) is 0 Å². The summed E-state index contributed by atoms with van der Waals surface area (Å²) in [6.45, 7) is 2.58. The first-order valence-corrected chi connectivity index (χ1v) is 8.03. The first kappa shape index (κ1) is 15.8. The molecule has 0 saturated carbocycles. The molecule has 1 heterocycles. The van der Waals surface area contributed by atoms with Crippen LogP contribution in [0.15, 0.2) is 60.7 Å². The summed E-state index contributed by atoms with van der Waals surface area (Å²) in [5.41, 5.74) is 2.05. The average molecular weight is 317 g/mol. The summed E-state index contributed by atoms with van der Waals surface area (Å²) in [7, 11) is 0. The van der Waals surface area contributed by atoms with Crippen LogP contribution in [0.3, 0.4) is 0 Å². The summed E-state index contributed by atoms with van der Waals surface area (Å²) in [6.07, 6.45) is 0.260. The molecule has 1 aromatic heterocycles. The fraction of sp³-hybridized carbons (Fsp3) is 0.200. The van der Waals surface area contributed by atoms with E-state index in [1.165, 1.54) is 0 Å². The highest BCUT2D eigenvalue weighted by Gasteiger charge is 2.06. The summed E-state index contributed by atoms with van der Waals surface area (Å²) in [6, 6.07) is 22.0. The van der Waals surface area contributed by atoms with Crippen LogP contribution >= 0.6 is 0 Å². The number of pyridine rings is 1. The van der Waals surface area contributed by atoms with E-state index in [2.05, 4.69) is 22.4 Å². The van der Waals surface area contributed by atoms with Gasteiger partial charge >= 0.3 is 0 Å². The van der Waals surface area contributed by atoms with Crippen LogP contribution in [0.25, 0.3) is 10.9 Å². The summed E-state index contributed by atoms with van der Waals surface area (Å²) in [4.78, 5) is 4.60. The van der Waals surface area contributed by atoms with Crippen molar-refractivity contribution in [2.24, 2.45) is 0 Å². The highest BCUT2D eigenvalue weighted by atomic mass is 16.5. The Morgan fingerprint density at radius 2 is 2.00 bits per heavy atom. The van der Waals surface area contributed by atoms with Gasteiger partial charge in [-0.2, -0.15) is 5.26 Å². The quantitative estimate of drug-likeness (QED) is 0.726. The van der Waals surface area contributed by atoms with Gasteiger partial charge in [-0.1, -0.05) is 37.3 Å². The molecule has 0 bridgehead atoms. The molecule has 3 rings (SSSR count). The van der Waals surface area contributed by atoms with E-state index in [0.717, 1.165) is 22.3 Å². The second-order valence-corrected chi connectivity index (χ2v) is 5.53. The average Bonchev–Trinajstić information content (AvgIpc) is 2.64. The van der Waals surface area contributed by atoms with Crippen LogP contribution < -0.4 is 10.1 Å².